The number of hydrogen-bond acceptors (Lipinski definition) is 3. The molecule has 0 bridgehead atoms. The summed E-state index contributed by atoms with van der Waals surface area (Å²) < 4.78 is 13.2. The number of anilines is 1. The van der Waals surface area contributed by atoms with E-state index >= 15 is 0 Å². The number of hydrogen-bond donors (Lipinski definition) is 3. The van der Waals surface area contributed by atoms with Crippen molar-refractivity contribution in [3.63, 3.8) is 0 Å². The van der Waals surface area contributed by atoms with Crippen molar-refractivity contribution >= 4 is 11.6 Å². The van der Waals surface area contributed by atoms with Gasteiger partial charge in [-0.1, -0.05) is 0 Å². The highest BCUT2D eigenvalue weighted by atomic mass is 19.1. The van der Waals surface area contributed by atoms with Crippen LogP contribution in [0, 0.1) is 12.7 Å². The Hall–Kier alpha value is -1.62. The molecule has 5 heteroatoms. The minimum Gasteiger partial charge on any atom is -0.396 e. The fourth-order valence-corrected chi connectivity index (χ4v) is 1.81. The second-order valence-corrected chi connectivity index (χ2v) is 4.65. The van der Waals surface area contributed by atoms with Crippen LogP contribution in [0.25, 0.3) is 0 Å². The minimum atomic E-state index is -0.527. The van der Waals surface area contributed by atoms with Gasteiger partial charge >= 0.3 is 0 Å². The van der Waals surface area contributed by atoms with Gasteiger partial charge in [0.05, 0.1) is 11.8 Å². The number of aliphatic hydroxyl groups excluding tert-OH is 1. The zero-order chi connectivity index (χ0) is 13.9. The van der Waals surface area contributed by atoms with Crippen molar-refractivity contribution in [2.24, 2.45) is 0 Å². The molecule has 0 saturated heterocycles. The Labute approximate surface area is 106 Å². The quantitative estimate of drug-likeness (QED) is 0.714. The third kappa shape index (κ3) is 3.70. The second-order valence-electron chi connectivity index (χ2n) is 4.65. The lowest BCUT2D eigenvalue weighted by Crippen LogP contribution is -2.35. The van der Waals surface area contributed by atoms with Crippen molar-refractivity contribution in [1.29, 1.82) is 0 Å². The number of carbonyl (C=O) groups excluding carboxylic acids is 1. The molecule has 0 heterocycles. The van der Waals surface area contributed by atoms with Crippen molar-refractivity contribution in [2.75, 3.05) is 5.73 Å². The SMILES string of the molecule is Cc1cc(F)c(N)cc1C(=O)NC(C)CC(C)O. The number of nitrogens with two attached hydrogens (primary N) is 1. The van der Waals surface area contributed by atoms with Crippen molar-refractivity contribution in [3.05, 3.63) is 29.1 Å². The van der Waals surface area contributed by atoms with E-state index in [4.69, 9.17) is 5.73 Å². The summed E-state index contributed by atoms with van der Waals surface area (Å²) >= 11 is 0. The molecular formula is C13H19FN2O2. The molecule has 0 aliphatic heterocycles. The number of benzene rings is 1. The standard InChI is InChI=1S/C13H19FN2O2/c1-7-4-11(14)12(15)6-10(7)13(18)16-8(2)5-9(3)17/h4,6,8-9,17H,5,15H2,1-3H3,(H,16,18). The van der Waals surface area contributed by atoms with Gasteiger partial charge < -0.3 is 16.2 Å². The van der Waals surface area contributed by atoms with Crippen LogP contribution >= 0.6 is 0 Å². The molecule has 1 aromatic carbocycles. The summed E-state index contributed by atoms with van der Waals surface area (Å²) in [5, 5.41) is 12.0. The smallest absolute Gasteiger partial charge is 0.251 e. The van der Waals surface area contributed by atoms with E-state index < -0.39 is 11.9 Å². The summed E-state index contributed by atoms with van der Waals surface area (Å²) in [5.74, 6) is -0.839. The summed E-state index contributed by atoms with van der Waals surface area (Å²) in [6, 6.07) is 2.40. The van der Waals surface area contributed by atoms with E-state index in [2.05, 4.69) is 5.32 Å². The summed E-state index contributed by atoms with van der Waals surface area (Å²) in [7, 11) is 0. The molecule has 0 saturated carbocycles. The van der Waals surface area contributed by atoms with E-state index in [0.29, 0.717) is 17.5 Å². The van der Waals surface area contributed by atoms with Crippen molar-refractivity contribution < 1.29 is 14.3 Å². The number of halogens is 1. The zero-order valence-electron chi connectivity index (χ0n) is 10.8. The van der Waals surface area contributed by atoms with Gasteiger partial charge in [-0.15, -0.1) is 0 Å². The van der Waals surface area contributed by atoms with Crippen molar-refractivity contribution in [2.45, 2.75) is 39.3 Å². The highest BCUT2D eigenvalue weighted by molar-refractivity contribution is 5.96. The Morgan fingerprint density at radius 2 is 2.11 bits per heavy atom. The molecule has 2 atom stereocenters. The molecule has 0 aliphatic rings. The van der Waals surface area contributed by atoms with Crippen molar-refractivity contribution in [3.8, 4) is 0 Å². The first-order valence-corrected chi connectivity index (χ1v) is 5.85. The van der Waals surface area contributed by atoms with Gasteiger partial charge in [0.25, 0.3) is 5.91 Å². The first-order chi connectivity index (χ1) is 8.31. The van der Waals surface area contributed by atoms with Crippen molar-refractivity contribution in [1.82, 2.24) is 5.32 Å². The number of carbonyl (C=O) groups is 1. The molecule has 1 rings (SSSR count). The van der Waals surface area contributed by atoms with Crippen LogP contribution in [0.15, 0.2) is 12.1 Å². The largest absolute Gasteiger partial charge is 0.396 e. The van der Waals surface area contributed by atoms with E-state index in [1.54, 1.807) is 20.8 Å². The van der Waals surface area contributed by atoms with Crippen LogP contribution in [-0.4, -0.2) is 23.2 Å². The lowest BCUT2D eigenvalue weighted by molar-refractivity contribution is 0.0922. The van der Waals surface area contributed by atoms with Gasteiger partial charge in [-0.05, 0) is 44.9 Å². The lowest BCUT2D eigenvalue weighted by Gasteiger charge is -2.16. The van der Waals surface area contributed by atoms with Crippen LogP contribution in [-0.2, 0) is 0 Å². The molecule has 4 nitrogen and oxygen atoms in total. The van der Waals surface area contributed by atoms with Gasteiger partial charge in [-0.2, -0.15) is 0 Å². The van der Waals surface area contributed by atoms with E-state index in [1.807, 2.05) is 0 Å². The predicted octanol–water partition coefficient (Wildman–Crippen LogP) is 1.61. The van der Waals surface area contributed by atoms with E-state index in [-0.39, 0.29) is 17.6 Å². The number of rotatable bonds is 4. The van der Waals surface area contributed by atoms with Crippen LogP contribution in [0.2, 0.25) is 0 Å². The number of amides is 1. The van der Waals surface area contributed by atoms with Gasteiger partial charge in [0.15, 0.2) is 0 Å². The fraction of sp³-hybridized carbons (Fsp3) is 0.462. The first-order valence-electron chi connectivity index (χ1n) is 5.85. The fourth-order valence-electron chi connectivity index (χ4n) is 1.81. The summed E-state index contributed by atoms with van der Waals surface area (Å²) in [6.45, 7) is 5.10. The molecular weight excluding hydrogens is 235 g/mol. The summed E-state index contributed by atoms with van der Waals surface area (Å²) in [4.78, 5) is 12.0. The van der Waals surface area contributed by atoms with Crippen LogP contribution in [0.1, 0.15) is 36.2 Å². The van der Waals surface area contributed by atoms with Crippen LogP contribution < -0.4 is 11.1 Å². The topological polar surface area (TPSA) is 75.4 Å². The Morgan fingerprint density at radius 3 is 2.67 bits per heavy atom. The molecule has 0 spiro atoms. The van der Waals surface area contributed by atoms with Gasteiger partial charge in [0, 0.05) is 11.6 Å². The highest BCUT2D eigenvalue weighted by Crippen LogP contribution is 2.17. The number of aliphatic hydroxyl groups is 1. The Kier molecular flexibility index (Phi) is 4.67. The van der Waals surface area contributed by atoms with Gasteiger partial charge in [0.2, 0.25) is 0 Å². The zero-order valence-corrected chi connectivity index (χ0v) is 10.8. The Morgan fingerprint density at radius 1 is 1.50 bits per heavy atom. The molecule has 0 aromatic heterocycles. The predicted molar refractivity (Wildman–Crippen MR) is 68.8 cm³/mol. The van der Waals surface area contributed by atoms with Gasteiger partial charge in [0.1, 0.15) is 5.82 Å². The lowest BCUT2D eigenvalue weighted by atomic mass is 10.1. The summed E-state index contributed by atoms with van der Waals surface area (Å²) in [5.41, 5.74) is 6.28. The maximum Gasteiger partial charge on any atom is 0.251 e. The number of aryl methyl sites for hydroxylation is 1. The molecule has 0 radical (unpaired) electrons. The van der Waals surface area contributed by atoms with Crippen LogP contribution in [0.5, 0.6) is 0 Å². The van der Waals surface area contributed by atoms with Gasteiger partial charge in [-0.25, -0.2) is 4.39 Å². The molecule has 1 aromatic rings. The first kappa shape index (κ1) is 14.4. The maximum atomic E-state index is 13.2. The molecule has 0 fully saturated rings. The number of nitrogens with one attached hydrogen (secondary N) is 1. The highest BCUT2D eigenvalue weighted by Gasteiger charge is 2.15. The molecule has 2 unspecified atom stereocenters. The average Bonchev–Trinajstić information content (AvgIpc) is 2.21. The van der Waals surface area contributed by atoms with Gasteiger partial charge in [-0.3, -0.25) is 4.79 Å². The molecule has 0 aliphatic carbocycles. The second kappa shape index (κ2) is 5.82. The third-order valence-corrected chi connectivity index (χ3v) is 2.66. The Balaban J connectivity index is 2.82. The monoisotopic (exact) mass is 254 g/mol. The molecule has 4 N–H and O–H groups in total. The molecule has 18 heavy (non-hydrogen) atoms. The molecule has 100 valence electrons. The normalized spacial score (nSPS) is 14.1. The van der Waals surface area contributed by atoms with Crippen LogP contribution in [0.4, 0.5) is 10.1 Å². The minimum absolute atomic E-state index is 0.0473. The van der Waals surface area contributed by atoms with E-state index in [0.717, 1.165) is 0 Å². The summed E-state index contributed by atoms with van der Waals surface area (Å²) in [6.07, 6.45) is -0.0266. The Bertz CT molecular complexity index is 447. The average molecular weight is 254 g/mol. The van der Waals surface area contributed by atoms with Crippen LogP contribution in [0.3, 0.4) is 0 Å². The third-order valence-electron chi connectivity index (χ3n) is 2.66. The maximum absolute atomic E-state index is 13.2. The molecule has 1 amide bonds. The van der Waals surface area contributed by atoms with E-state index in [1.165, 1.54) is 12.1 Å². The number of nitrogen functional groups attached to an aromatic ring is 1. The van der Waals surface area contributed by atoms with E-state index in [9.17, 15) is 14.3 Å².